The van der Waals surface area contributed by atoms with Gasteiger partial charge < -0.3 is 15.3 Å². The minimum atomic E-state index is -4.58. The van der Waals surface area contributed by atoms with E-state index in [0.29, 0.717) is 5.52 Å². The molecular formula is C16H9ClF3N3O3. The Labute approximate surface area is 147 Å². The molecule has 2 aromatic carbocycles. The third-order valence-electron chi connectivity index (χ3n) is 3.53. The van der Waals surface area contributed by atoms with Crippen molar-refractivity contribution in [3.63, 3.8) is 0 Å². The van der Waals surface area contributed by atoms with Crippen LogP contribution in [0.3, 0.4) is 0 Å². The molecule has 0 bridgehead atoms. The summed E-state index contributed by atoms with van der Waals surface area (Å²) in [6.07, 6.45) is -4.58. The average Bonchev–Trinajstić information content (AvgIpc) is 2.56. The number of nitrogens with one attached hydrogen (secondary N) is 3. The second-order valence-corrected chi connectivity index (χ2v) is 5.72. The molecule has 26 heavy (non-hydrogen) atoms. The summed E-state index contributed by atoms with van der Waals surface area (Å²) in [4.78, 5) is 39.6. The number of carbonyl (C=O) groups is 1. The van der Waals surface area contributed by atoms with E-state index in [2.05, 4.69) is 15.3 Å². The predicted molar refractivity (Wildman–Crippen MR) is 89.6 cm³/mol. The number of alkyl halides is 3. The summed E-state index contributed by atoms with van der Waals surface area (Å²) in [6.45, 7) is 0. The Kier molecular flexibility index (Phi) is 4.33. The van der Waals surface area contributed by atoms with Crippen LogP contribution in [0.2, 0.25) is 5.02 Å². The lowest BCUT2D eigenvalue weighted by Crippen LogP contribution is -2.29. The molecule has 0 fully saturated rings. The Hall–Kier alpha value is -3.07. The van der Waals surface area contributed by atoms with Crippen molar-refractivity contribution in [1.29, 1.82) is 0 Å². The number of aromatic amines is 2. The number of benzene rings is 2. The number of fused-ring (bicyclic) bond motifs is 1. The molecule has 0 radical (unpaired) electrons. The van der Waals surface area contributed by atoms with Crippen molar-refractivity contribution >= 4 is 34.2 Å². The standard InChI is InChI=1S/C16H9ClF3N3O3/c17-9-3-2-8(16(18,19)20)6-11(9)22-13(24)7-1-4-10-12(5-7)23-15(26)14(25)21-10/h1-6H,(H,21,25)(H,22,24)(H,23,26). The van der Waals surface area contributed by atoms with Crippen molar-refractivity contribution in [3.8, 4) is 0 Å². The van der Waals surface area contributed by atoms with Crippen LogP contribution in [0.1, 0.15) is 15.9 Å². The largest absolute Gasteiger partial charge is 0.416 e. The minimum Gasteiger partial charge on any atom is -0.321 e. The molecule has 0 saturated heterocycles. The van der Waals surface area contributed by atoms with Crippen molar-refractivity contribution < 1.29 is 18.0 Å². The maximum absolute atomic E-state index is 12.8. The fourth-order valence-corrected chi connectivity index (χ4v) is 2.41. The van der Waals surface area contributed by atoms with Gasteiger partial charge in [0.1, 0.15) is 0 Å². The van der Waals surface area contributed by atoms with E-state index in [0.717, 1.165) is 18.2 Å². The molecule has 3 rings (SSSR count). The summed E-state index contributed by atoms with van der Waals surface area (Å²) >= 11 is 5.84. The number of hydrogen-bond donors (Lipinski definition) is 3. The third kappa shape index (κ3) is 3.47. The lowest BCUT2D eigenvalue weighted by atomic mass is 10.1. The third-order valence-corrected chi connectivity index (χ3v) is 3.86. The van der Waals surface area contributed by atoms with Crippen LogP contribution in [0.4, 0.5) is 18.9 Å². The highest BCUT2D eigenvalue weighted by Gasteiger charge is 2.31. The number of amides is 1. The molecule has 0 aliphatic rings. The summed E-state index contributed by atoms with van der Waals surface area (Å²) in [5, 5.41) is 2.23. The first-order valence-corrected chi connectivity index (χ1v) is 7.47. The smallest absolute Gasteiger partial charge is 0.321 e. The topological polar surface area (TPSA) is 94.8 Å². The van der Waals surface area contributed by atoms with Gasteiger partial charge in [0.2, 0.25) is 0 Å². The van der Waals surface area contributed by atoms with Gasteiger partial charge in [0.15, 0.2) is 0 Å². The van der Waals surface area contributed by atoms with Crippen LogP contribution in [-0.4, -0.2) is 15.9 Å². The molecule has 1 aromatic heterocycles. The van der Waals surface area contributed by atoms with E-state index in [1.54, 1.807) is 0 Å². The highest BCUT2D eigenvalue weighted by molar-refractivity contribution is 6.34. The van der Waals surface area contributed by atoms with Gasteiger partial charge in [-0.1, -0.05) is 11.6 Å². The molecule has 6 nitrogen and oxygen atoms in total. The summed E-state index contributed by atoms with van der Waals surface area (Å²) < 4.78 is 38.4. The van der Waals surface area contributed by atoms with Crippen LogP contribution in [0.15, 0.2) is 46.0 Å². The van der Waals surface area contributed by atoms with Crippen LogP contribution < -0.4 is 16.4 Å². The van der Waals surface area contributed by atoms with Crippen LogP contribution in [0.25, 0.3) is 11.0 Å². The molecule has 0 aliphatic carbocycles. The number of H-pyrrole nitrogens is 2. The maximum atomic E-state index is 12.8. The van der Waals surface area contributed by atoms with Gasteiger partial charge in [-0.2, -0.15) is 13.2 Å². The molecule has 134 valence electrons. The summed E-state index contributed by atoms with van der Waals surface area (Å²) in [7, 11) is 0. The van der Waals surface area contributed by atoms with E-state index >= 15 is 0 Å². The Morgan fingerprint density at radius 1 is 0.962 bits per heavy atom. The van der Waals surface area contributed by atoms with Crippen molar-refractivity contribution in [2.24, 2.45) is 0 Å². The monoisotopic (exact) mass is 383 g/mol. The van der Waals surface area contributed by atoms with Gasteiger partial charge in [-0.15, -0.1) is 0 Å². The predicted octanol–water partition coefficient (Wildman–Crippen LogP) is 3.14. The SMILES string of the molecule is O=C(Nc1cc(C(F)(F)F)ccc1Cl)c1ccc2[nH]c(=O)c(=O)[nH]c2c1. The number of hydrogen-bond acceptors (Lipinski definition) is 3. The van der Waals surface area contributed by atoms with E-state index in [1.807, 2.05) is 0 Å². The van der Waals surface area contributed by atoms with Crippen LogP contribution >= 0.6 is 11.6 Å². The summed E-state index contributed by atoms with van der Waals surface area (Å²) in [5.74, 6) is -0.736. The lowest BCUT2D eigenvalue weighted by Gasteiger charge is -2.12. The average molecular weight is 384 g/mol. The molecular weight excluding hydrogens is 375 g/mol. The van der Waals surface area contributed by atoms with Gasteiger partial charge in [0, 0.05) is 5.56 Å². The zero-order valence-corrected chi connectivity index (χ0v) is 13.5. The number of rotatable bonds is 2. The number of halogens is 4. The normalized spacial score (nSPS) is 11.5. The van der Waals surface area contributed by atoms with Gasteiger partial charge in [0.25, 0.3) is 5.91 Å². The van der Waals surface area contributed by atoms with Crippen molar-refractivity contribution in [2.75, 3.05) is 5.32 Å². The van der Waals surface area contributed by atoms with Crippen molar-refractivity contribution in [3.05, 3.63) is 73.3 Å². The molecule has 3 aromatic rings. The molecule has 0 atom stereocenters. The molecule has 10 heteroatoms. The summed E-state index contributed by atoms with van der Waals surface area (Å²) in [6, 6.07) is 6.56. The van der Waals surface area contributed by atoms with Crippen molar-refractivity contribution in [1.82, 2.24) is 9.97 Å². The van der Waals surface area contributed by atoms with Crippen molar-refractivity contribution in [2.45, 2.75) is 6.18 Å². The van der Waals surface area contributed by atoms with E-state index in [9.17, 15) is 27.6 Å². The fourth-order valence-electron chi connectivity index (χ4n) is 2.25. The fraction of sp³-hybridized carbons (Fsp3) is 0.0625. The zero-order chi connectivity index (χ0) is 19.1. The lowest BCUT2D eigenvalue weighted by molar-refractivity contribution is -0.137. The summed E-state index contributed by atoms with van der Waals surface area (Å²) in [5.41, 5.74) is -2.37. The first kappa shape index (κ1) is 17.7. The van der Waals surface area contributed by atoms with E-state index in [1.165, 1.54) is 18.2 Å². The van der Waals surface area contributed by atoms with Gasteiger partial charge in [0.05, 0.1) is 27.3 Å². The molecule has 0 aliphatic heterocycles. The van der Waals surface area contributed by atoms with Crippen LogP contribution in [0.5, 0.6) is 0 Å². The van der Waals surface area contributed by atoms with Crippen LogP contribution in [-0.2, 0) is 6.18 Å². The van der Waals surface area contributed by atoms with E-state index in [4.69, 9.17) is 11.6 Å². The Morgan fingerprint density at radius 2 is 1.62 bits per heavy atom. The quantitative estimate of drug-likeness (QED) is 0.593. The first-order valence-electron chi connectivity index (χ1n) is 7.09. The number of aromatic nitrogens is 2. The maximum Gasteiger partial charge on any atom is 0.416 e. The van der Waals surface area contributed by atoms with E-state index < -0.39 is 28.8 Å². The minimum absolute atomic E-state index is 0.0497. The Balaban J connectivity index is 1.95. The molecule has 1 amide bonds. The molecule has 1 heterocycles. The Morgan fingerprint density at radius 3 is 2.27 bits per heavy atom. The second kappa shape index (κ2) is 6.34. The number of anilines is 1. The Bertz CT molecular complexity index is 1140. The highest BCUT2D eigenvalue weighted by Crippen LogP contribution is 2.34. The molecule has 3 N–H and O–H groups in total. The number of carbonyl (C=O) groups excluding carboxylic acids is 1. The van der Waals surface area contributed by atoms with Gasteiger partial charge in [-0.25, -0.2) is 0 Å². The van der Waals surface area contributed by atoms with Gasteiger partial charge in [-0.3, -0.25) is 14.4 Å². The van der Waals surface area contributed by atoms with Gasteiger partial charge >= 0.3 is 17.3 Å². The molecule has 0 unspecified atom stereocenters. The van der Waals surface area contributed by atoms with Gasteiger partial charge in [-0.05, 0) is 36.4 Å². The van der Waals surface area contributed by atoms with Crippen LogP contribution in [0, 0.1) is 0 Å². The molecule has 0 saturated carbocycles. The second-order valence-electron chi connectivity index (χ2n) is 5.32. The molecule has 0 spiro atoms. The zero-order valence-electron chi connectivity index (χ0n) is 12.7. The first-order chi connectivity index (χ1) is 12.1. The van der Waals surface area contributed by atoms with E-state index in [-0.39, 0.29) is 21.8 Å². The highest BCUT2D eigenvalue weighted by atomic mass is 35.5.